The van der Waals surface area contributed by atoms with Gasteiger partial charge in [0.05, 0.1) is 5.56 Å². The summed E-state index contributed by atoms with van der Waals surface area (Å²) in [5.74, 6) is 1.09. The van der Waals surface area contributed by atoms with Gasteiger partial charge in [-0.15, -0.1) is 11.3 Å². The van der Waals surface area contributed by atoms with Crippen molar-refractivity contribution in [3.8, 4) is 11.5 Å². The number of anilines is 1. The van der Waals surface area contributed by atoms with Crippen molar-refractivity contribution in [2.75, 3.05) is 5.32 Å². The molecule has 2 bridgehead atoms. The van der Waals surface area contributed by atoms with Crippen LogP contribution in [0.25, 0.3) is 11.5 Å². The van der Waals surface area contributed by atoms with Gasteiger partial charge in [0.2, 0.25) is 0 Å². The van der Waals surface area contributed by atoms with Gasteiger partial charge in [-0.05, 0) is 81.1 Å². The fraction of sp³-hybridized carbons (Fsp3) is 0.600. The highest BCUT2D eigenvalue weighted by molar-refractivity contribution is 7.17. The van der Waals surface area contributed by atoms with E-state index in [9.17, 15) is 14.7 Å². The van der Waals surface area contributed by atoms with Gasteiger partial charge in [0.15, 0.2) is 5.82 Å². The second-order valence-corrected chi connectivity index (χ2v) is 11.2. The Balaban J connectivity index is 0.00000144. The Morgan fingerprint density at radius 1 is 1.09 bits per heavy atom. The second kappa shape index (κ2) is 8.08. The van der Waals surface area contributed by atoms with Crippen LogP contribution < -0.4 is 5.32 Å². The van der Waals surface area contributed by atoms with Crippen LogP contribution in [0.3, 0.4) is 0 Å². The van der Waals surface area contributed by atoms with Gasteiger partial charge in [-0.1, -0.05) is 18.5 Å². The van der Waals surface area contributed by atoms with Crippen molar-refractivity contribution in [2.45, 2.75) is 77.0 Å². The van der Waals surface area contributed by atoms with E-state index < -0.39 is 5.97 Å². The number of rotatable bonds is 6. The number of aromatic nitrogens is 2. The third kappa shape index (κ3) is 3.63. The van der Waals surface area contributed by atoms with Crippen molar-refractivity contribution in [1.82, 2.24) is 10.1 Å². The van der Waals surface area contributed by atoms with Crippen LogP contribution in [0.2, 0.25) is 0 Å². The van der Waals surface area contributed by atoms with Crippen molar-refractivity contribution >= 4 is 28.2 Å². The van der Waals surface area contributed by atoms with Gasteiger partial charge in [0.1, 0.15) is 5.00 Å². The molecule has 1 atom stereocenters. The molecule has 2 aromatic heterocycles. The molecule has 1 amide bonds. The number of amides is 1. The summed E-state index contributed by atoms with van der Waals surface area (Å²) in [6.07, 6.45) is 9.89. The molecule has 2 heterocycles. The lowest BCUT2D eigenvalue weighted by Gasteiger charge is -2.37. The van der Waals surface area contributed by atoms with Crippen molar-refractivity contribution in [1.29, 1.82) is 0 Å². The fourth-order valence-corrected chi connectivity index (χ4v) is 7.39. The number of carboxylic acid groups (broad SMARTS) is 1. The number of carbonyl (C=O) groups is 2. The summed E-state index contributed by atoms with van der Waals surface area (Å²) in [5, 5.41) is 17.9. The van der Waals surface area contributed by atoms with Gasteiger partial charge < -0.3 is 14.9 Å². The highest BCUT2D eigenvalue weighted by atomic mass is 32.1. The third-order valence-electron chi connectivity index (χ3n) is 8.08. The number of carbonyl (C=O) groups excluding carboxylic acids is 1. The van der Waals surface area contributed by atoms with E-state index in [0.717, 1.165) is 80.6 Å². The minimum absolute atomic E-state index is 0. The summed E-state index contributed by atoms with van der Waals surface area (Å²) < 4.78 is 5.69. The van der Waals surface area contributed by atoms with Crippen molar-refractivity contribution in [3.05, 3.63) is 27.4 Å². The first-order valence-corrected chi connectivity index (χ1v) is 13.1. The van der Waals surface area contributed by atoms with E-state index in [4.69, 9.17) is 9.51 Å². The number of nitrogens with zero attached hydrogens (tertiary/aromatic N) is 2. The summed E-state index contributed by atoms with van der Waals surface area (Å²) >= 11 is 1.60. The molecule has 5 aliphatic carbocycles. The van der Waals surface area contributed by atoms with Crippen molar-refractivity contribution < 1.29 is 22.1 Å². The van der Waals surface area contributed by atoms with Crippen LogP contribution in [0.1, 0.15) is 83.3 Å². The summed E-state index contributed by atoms with van der Waals surface area (Å²) in [6, 6.07) is 0. The van der Waals surface area contributed by atoms with Gasteiger partial charge in [-0.3, -0.25) is 4.79 Å². The number of thiophene rings is 1. The van der Waals surface area contributed by atoms with Gasteiger partial charge in [-0.2, -0.15) is 4.98 Å². The maximum absolute atomic E-state index is 13.5. The van der Waals surface area contributed by atoms with Gasteiger partial charge in [-0.25, -0.2) is 4.79 Å². The van der Waals surface area contributed by atoms with Gasteiger partial charge in [0.25, 0.3) is 11.8 Å². The van der Waals surface area contributed by atoms with Crippen LogP contribution in [0.15, 0.2) is 15.7 Å². The van der Waals surface area contributed by atoms with Crippen LogP contribution >= 0.6 is 11.3 Å². The average Bonchev–Trinajstić information content (AvgIpc) is 3.46. The van der Waals surface area contributed by atoms with Crippen molar-refractivity contribution in [2.24, 2.45) is 17.8 Å². The SMILES string of the molecule is CCC1CCc2c(sc(NC(=O)C3=C(C(=O)O)C4CCC3CC4)c2-c2nc(C3CC3)no2)C1.[HH].[HH]. The predicted octanol–water partition coefficient (Wildman–Crippen LogP) is 5.82. The molecule has 2 N–H and O–H groups in total. The lowest BCUT2D eigenvalue weighted by molar-refractivity contribution is -0.134. The Bertz CT molecular complexity index is 1160. The smallest absolute Gasteiger partial charge is 0.332 e. The molecule has 7 nitrogen and oxygen atoms in total. The summed E-state index contributed by atoms with van der Waals surface area (Å²) in [7, 11) is 0. The molecular weight excluding hydrogens is 438 g/mol. The molecule has 178 valence electrons. The molecule has 2 saturated carbocycles. The van der Waals surface area contributed by atoms with E-state index in [1.807, 2.05) is 0 Å². The standard InChI is InChI=1S/C25H29N3O4S.2H2/c1-2-12-3-10-16-17(11-12)33-24(20(16)23-26-21(28-32-23)15-8-9-15)27-22(29)18-13-4-6-14(7-5-13)19(18)25(30)31;;/h12-15H,2-11H2,1H3,(H,27,29)(H,30,31);2*1H. The monoisotopic (exact) mass is 471 g/mol. The van der Waals surface area contributed by atoms with E-state index in [2.05, 4.69) is 17.4 Å². The van der Waals surface area contributed by atoms with Crippen LogP contribution in [0.4, 0.5) is 5.00 Å². The fourth-order valence-electron chi connectivity index (χ4n) is 6.04. The predicted molar refractivity (Wildman–Crippen MR) is 128 cm³/mol. The van der Waals surface area contributed by atoms with Crippen LogP contribution in [-0.2, 0) is 22.4 Å². The van der Waals surface area contributed by atoms with Crippen molar-refractivity contribution in [3.63, 3.8) is 0 Å². The number of hydrogen-bond acceptors (Lipinski definition) is 6. The van der Waals surface area contributed by atoms with Crippen LogP contribution in [-0.4, -0.2) is 27.1 Å². The molecule has 33 heavy (non-hydrogen) atoms. The van der Waals surface area contributed by atoms with E-state index in [1.165, 1.54) is 10.4 Å². The second-order valence-electron chi connectivity index (χ2n) is 10.1. The largest absolute Gasteiger partial charge is 0.478 e. The van der Waals surface area contributed by atoms with E-state index in [0.29, 0.717) is 28.9 Å². The topological polar surface area (TPSA) is 105 Å². The molecule has 0 saturated heterocycles. The lowest BCUT2D eigenvalue weighted by Crippen LogP contribution is -2.35. The number of nitrogens with one attached hydrogen (secondary N) is 1. The highest BCUT2D eigenvalue weighted by Gasteiger charge is 2.41. The van der Waals surface area contributed by atoms with Gasteiger partial charge >= 0.3 is 5.97 Å². The van der Waals surface area contributed by atoms with E-state index in [-0.39, 0.29) is 20.6 Å². The third-order valence-corrected chi connectivity index (χ3v) is 9.25. The first-order valence-electron chi connectivity index (χ1n) is 12.3. The number of hydrogen-bond donors (Lipinski definition) is 2. The Labute approximate surface area is 199 Å². The Morgan fingerprint density at radius 3 is 2.45 bits per heavy atom. The maximum atomic E-state index is 13.5. The zero-order valence-electron chi connectivity index (χ0n) is 18.9. The molecular formula is C25H33N3O4S. The minimum atomic E-state index is -0.947. The highest BCUT2D eigenvalue weighted by Crippen LogP contribution is 2.49. The number of aliphatic carboxylic acids is 1. The molecule has 5 aliphatic rings. The lowest BCUT2D eigenvalue weighted by atomic mass is 9.66. The Morgan fingerprint density at radius 2 is 1.79 bits per heavy atom. The molecule has 1 unspecified atom stereocenters. The summed E-state index contributed by atoms with van der Waals surface area (Å²) in [4.78, 5) is 31.5. The molecule has 2 fully saturated rings. The molecule has 0 aliphatic heterocycles. The number of carboxylic acids is 1. The van der Waals surface area contributed by atoms with Crippen LogP contribution in [0, 0.1) is 17.8 Å². The zero-order valence-corrected chi connectivity index (χ0v) is 19.7. The van der Waals surface area contributed by atoms with Crippen LogP contribution in [0.5, 0.6) is 0 Å². The van der Waals surface area contributed by atoms with E-state index in [1.54, 1.807) is 11.3 Å². The normalized spacial score (nSPS) is 26.4. The van der Waals surface area contributed by atoms with E-state index >= 15 is 0 Å². The maximum Gasteiger partial charge on any atom is 0.332 e. The number of fused-ring (bicyclic) bond motifs is 3. The average molecular weight is 472 g/mol. The Kier molecular flexibility index (Phi) is 5.16. The first kappa shape index (κ1) is 21.1. The first-order chi connectivity index (χ1) is 16.0. The quantitative estimate of drug-likeness (QED) is 0.550. The van der Waals surface area contributed by atoms with Gasteiger partial charge in [0, 0.05) is 24.8 Å². The minimum Gasteiger partial charge on any atom is -0.478 e. The summed E-state index contributed by atoms with van der Waals surface area (Å²) in [5.41, 5.74) is 2.88. The molecule has 0 radical (unpaired) electrons. The molecule has 7 rings (SSSR count). The summed E-state index contributed by atoms with van der Waals surface area (Å²) in [6.45, 7) is 2.23. The molecule has 8 heteroatoms. The molecule has 0 aromatic carbocycles. The molecule has 2 aromatic rings. The Hall–Kier alpha value is -2.48. The molecule has 0 spiro atoms. The zero-order chi connectivity index (χ0) is 22.7.